The van der Waals surface area contributed by atoms with Gasteiger partial charge in [0.2, 0.25) is 0 Å². The van der Waals surface area contributed by atoms with Crippen LogP contribution in [-0.4, -0.2) is 4.98 Å². The molecule has 1 heterocycles. The first-order chi connectivity index (χ1) is 5.27. The van der Waals surface area contributed by atoms with Gasteiger partial charge < -0.3 is 4.98 Å². The zero-order chi connectivity index (χ0) is 7.84. The van der Waals surface area contributed by atoms with Gasteiger partial charge in [0.1, 0.15) is 5.82 Å². The van der Waals surface area contributed by atoms with Crippen LogP contribution in [0.25, 0.3) is 10.9 Å². The molecule has 1 aromatic carbocycles. The van der Waals surface area contributed by atoms with Crippen molar-refractivity contribution in [2.45, 2.75) is 0 Å². The number of aromatic nitrogens is 1. The molecule has 0 aliphatic heterocycles. The summed E-state index contributed by atoms with van der Waals surface area (Å²) in [6, 6.07) is 4.62. The Morgan fingerprint density at radius 2 is 2.08 bits per heavy atom. The number of hydrogen-bond donors (Lipinski definition) is 1. The van der Waals surface area contributed by atoms with Crippen LogP contribution in [-0.2, 0) is 16.8 Å². The average Bonchev–Trinajstić information content (AvgIpc) is 2.33. The molecule has 2 aromatic rings. The second-order valence-electron chi connectivity index (χ2n) is 2.50. The Kier molecular flexibility index (Phi) is 2.45. The Balaban J connectivity index is 0.000000720. The molecular formula is C9H7CoFN-. The number of fused-ring (bicyclic) bond motifs is 1. The predicted octanol–water partition coefficient (Wildman–Crippen LogP) is 2.49. The summed E-state index contributed by atoms with van der Waals surface area (Å²) in [5.41, 5.74) is 1.76. The summed E-state index contributed by atoms with van der Waals surface area (Å²) in [6.45, 7) is 3.75. The third-order valence-corrected chi connectivity index (χ3v) is 1.73. The van der Waals surface area contributed by atoms with E-state index in [1.165, 1.54) is 12.1 Å². The average molecular weight is 207 g/mol. The van der Waals surface area contributed by atoms with E-state index in [1.807, 2.05) is 0 Å². The Labute approximate surface area is 80.2 Å². The first-order valence-electron chi connectivity index (χ1n) is 3.36. The summed E-state index contributed by atoms with van der Waals surface area (Å²) >= 11 is 0. The zero-order valence-electron chi connectivity index (χ0n) is 6.23. The van der Waals surface area contributed by atoms with Crippen molar-refractivity contribution in [3.8, 4) is 0 Å². The van der Waals surface area contributed by atoms with E-state index in [0.29, 0.717) is 0 Å². The number of aromatic amines is 1. The molecule has 1 N–H and O–H groups in total. The second kappa shape index (κ2) is 3.21. The van der Waals surface area contributed by atoms with Gasteiger partial charge in [0.05, 0.1) is 0 Å². The van der Waals surface area contributed by atoms with Crippen molar-refractivity contribution >= 4 is 10.9 Å². The van der Waals surface area contributed by atoms with Crippen molar-refractivity contribution in [3.63, 3.8) is 0 Å². The van der Waals surface area contributed by atoms with Crippen LogP contribution in [0.4, 0.5) is 4.39 Å². The predicted molar refractivity (Wildman–Crippen MR) is 42.7 cm³/mol. The molecule has 12 heavy (non-hydrogen) atoms. The van der Waals surface area contributed by atoms with Gasteiger partial charge in [0.25, 0.3) is 0 Å². The van der Waals surface area contributed by atoms with Gasteiger partial charge in [0.15, 0.2) is 0 Å². The zero-order valence-corrected chi connectivity index (χ0v) is 7.27. The molecule has 65 valence electrons. The number of benzene rings is 1. The third-order valence-electron chi connectivity index (χ3n) is 1.73. The summed E-state index contributed by atoms with van der Waals surface area (Å²) < 4.78 is 12.7. The number of rotatable bonds is 0. The maximum absolute atomic E-state index is 12.7. The molecule has 1 radical (unpaired) electrons. The number of H-pyrrole nitrogens is 1. The molecule has 0 aliphatic carbocycles. The third kappa shape index (κ3) is 1.33. The molecule has 0 spiro atoms. The fourth-order valence-electron chi connectivity index (χ4n) is 1.15. The number of hydrogen-bond acceptors (Lipinski definition) is 0. The maximum Gasteiger partial charge on any atom is 0.111 e. The number of halogens is 1. The molecule has 0 unspecified atom stereocenters. The van der Waals surface area contributed by atoms with Crippen LogP contribution in [0.3, 0.4) is 0 Å². The minimum Gasteiger partial charge on any atom is -0.424 e. The molecule has 0 saturated carbocycles. The summed E-state index contributed by atoms with van der Waals surface area (Å²) in [4.78, 5) is 2.99. The molecule has 0 bridgehead atoms. The fraction of sp³-hybridized carbons (Fsp3) is 0. The fourth-order valence-corrected chi connectivity index (χ4v) is 1.15. The quantitative estimate of drug-likeness (QED) is 0.638. The Bertz CT molecular complexity index is 394. The van der Waals surface area contributed by atoms with Crippen LogP contribution in [0, 0.1) is 12.7 Å². The topological polar surface area (TPSA) is 15.8 Å². The van der Waals surface area contributed by atoms with E-state index in [4.69, 9.17) is 0 Å². The van der Waals surface area contributed by atoms with E-state index in [9.17, 15) is 4.39 Å². The van der Waals surface area contributed by atoms with E-state index >= 15 is 0 Å². The molecule has 3 heteroatoms. The van der Waals surface area contributed by atoms with Crippen molar-refractivity contribution < 1.29 is 21.2 Å². The molecule has 2 rings (SSSR count). The Morgan fingerprint density at radius 1 is 1.33 bits per heavy atom. The molecule has 1 aromatic heterocycles. The SMILES string of the molecule is [CH2-]c1c[nH]c2ccc(F)cc12.[Co]. The van der Waals surface area contributed by atoms with Gasteiger partial charge >= 0.3 is 0 Å². The normalized spacial score (nSPS) is 9.75. The molecule has 0 amide bonds. The van der Waals surface area contributed by atoms with E-state index in [-0.39, 0.29) is 22.6 Å². The van der Waals surface area contributed by atoms with Gasteiger partial charge in [-0.05, 0) is 17.6 Å². The van der Waals surface area contributed by atoms with Crippen molar-refractivity contribution in [1.29, 1.82) is 0 Å². The van der Waals surface area contributed by atoms with Crippen LogP contribution in [0.1, 0.15) is 5.56 Å². The maximum atomic E-state index is 12.7. The van der Waals surface area contributed by atoms with Gasteiger partial charge in [-0.2, -0.15) is 12.5 Å². The monoisotopic (exact) mass is 207 g/mol. The molecule has 0 aliphatic rings. The van der Waals surface area contributed by atoms with Crippen LogP contribution >= 0.6 is 0 Å². The van der Waals surface area contributed by atoms with E-state index < -0.39 is 0 Å². The molecular weight excluding hydrogens is 200 g/mol. The second-order valence-corrected chi connectivity index (χ2v) is 2.50. The number of nitrogens with one attached hydrogen (secondary N) is 1. The summed E-state index contributed by atoms with van der Waals surface area (Å²) in [5, 5.41) is 0.852. The van der Waals surface area contributed by atoms with Crippen molar-refractivity contribution in [3.05, 3.63) is 42.7 Å². The van der Waals surface area contributed by atoms with Crippen LogP contribution < -0.4 is 0 Å². The minimum atomic E-state index is -0.220. The summed E-state index contributed by atoms with van der Waals surface area (Å²) in [6.07, 6.45) is 1.77. The summed E-state index contributed by atoms with van der Waals surface area (Å²) in [5.74, 6) is -0.220. The minimum absolute atomic E-state index is 0. The van der Waals surface area contributed by atoms with Crippen LogP contribution in [0.15, 0.2) is 24.4 Å². The van der Waals surface area contributed by atoms with E-state index in [1.54, 1.807) is 12.3 Å². The largest absolute Gasteiger partial charge is 0.424 e. The Morgan fingerprint density at radius 3 is 2.83 bits per heavy atom. The van der Waals surface area contributed by atoms with Gasteiger partial charge in [-0.25, -0.2) is 4.39 Å². The smallest absolute Gasteiger partial charge is 0.111 e. The van der Waals surface area contributed by atoms with Gasteiger partial charge in [-0.3, -0.25) is 0 Å². The van der Waals surface area contributed by atoms with Gasteiger partial charge in [0, 0.05) is 16.8 Å². The van der Waals surface area contributed by atoms with Crippen LogP contribution in [0.5, 0.6) is 0 Å². The van der Waals surface area contributed by atoms with Crippen molar-refractivity contribution in [2.24, 2.45) is 0 Å². The van der Waals surface area contributed by atoms with Crippen LogP contribution in [0.2, 0.25) is 0 Å². The van der Waals surface area contributed by atoms with Gasteiger partial charge in [-0.1, -0.05) is 6.07 Å². The van der Waals surface area contributed by atoms with Gasteiger partial charge in [-0.15, -0.1) is 11.6 Å². The molecule has 0 fully saturated rings. The molecule has 0 saturated heterocycles. The standard InChI is InChI=1S/C9H7FN.Co/c1-6-5-11-9-3-2-7(10)4-8(6)9;/h2-5,11H,1H2;/q-1;. The Hall–Kier alpha value is -0.934. The van der Waals surface area contributed by atoms with Crippen molar-refractivity contribution in [2.75, 3.05) is 0 Å². The molecule has 0 atom stereocenters. The van der Waals surface area contributed by atoms with Crippen molar-refractivity contribution in [1.82, 2.24) is 4.98 Å². The van der Waals surface area contributed by atoms with E-state index in [2.05, 4.69) is 11.9 Å². The first kappa shape index (κ1) is 9.16. The first-order valence-corrected chi connectivity index (χ1v) is 3.36. The summed E-state index contributed by atoms with van der Waals surface area (Å²) in [7, 11) is 0. The van der Waals surface area contributed by atoms with E-state index in [0.717, 1.165) is 16.5 Å². The molecule has 1 nitrogen and oxygen atoms in total.